The Labute approximate surface area is 290 Å². The molecule has 0 bridgehead atoms. The molecule has 0 fully saturated rings. The summed E-state index contributed by atoms with van der Waals surface area (Å²) in [6, 6.07) is 27.0. The van der Waals surface area contributed by atoms with Crippen LogP contribution in [0.3, 0.4) is 0 Å². The van der Waals surface area contributed by atoms with Gasteiger partial charge in [0.15, 0.2) is 0 Å². The van der Waals surface area contributed by atoms with Crippen LogP contribution in [0.4, 0.5) is 0 Å². The first-order valence-corrected chi connectivity index (χ1v) is 17.8. The van der Waals surface area contributed by atoms with Gasteiger partial charge in [0, 0.05) is 31.6 Å². The van der Waals surface area contributed by atoms with Crippen LogP contribution in [-0.2, 0) is 19.4 Å². The summed E-state index contributed by atoms with van der Waals surface area (Å²) in [6.07, 6.45) is 7.19. The van der Waals surface area contributed by atoms with Crippen molar-refractivity contribution in [2.75, 3.05) is 60.2 Å². The summed E-state index contributed by atoms with van der Waals surface area (Å²) in [5.74, 6) is 4.33. The van der Waals surface area contributed by atoms with Gasteiger partial charge in [0.05, 0.1) is 27.4 Å². The molecule has 0 N–H and O–H groups in total. The lowest BCUT2D eigenvalue weighted by atomic mass is 9.80. The van der Waals surface area contributed by atoms with Crippen molar-refractivity contribution in [2.45, 2.75) is 58.2 Å². The molecule has 8 nitrogen and oxygen atoms in total. The Morgan fingerprint density at radius 1 is 0.750 bits per heavy atom. The molecule has 9 heteroatoms. The van der Waals surface area contributed by atoms with Crippen molar-refractivity contribution in [1.29, 1.82) is 0 Å². The summed E-state index contributed by atoms with van der Waals surface area (Å²) in [4.78, 5) is 5.80. The summed E-state index contributed by atoms with van der Waals surface area (Å²) in [7, 11) is 2.03. The normalized spacial score (nSPS) is 12.3. The Morgan fingerprint density at radius 2 is 1.27 bits per heavy atom. The standard InChI is InChI=1S/C39H52N3O5P/c1-9-10-14-26-41(28-31-47-48(46-29-25-40-6)42(32(2)3)33(4)5)27-30-45-39(34-15-12-11-13-16-34,35-17-21-37(43-7)22-18-35)36-19-23-38(44-8)24-20-36/h1,11-13,15-24,32-33H,10,14,25-31H2,2-5,7-8H3. The Balaban J connectivity index is 1.88. The van der Waals surface area contributed by atoms with Gasteiger partial charge < -0.3 is 28.1 Å². The number of hydrogen-bond acceptors (Lipinski definition) is 7. The fraction of sp³-hybridized carbons (Fsp3) is 0.462. The van der Waals surface area contributed by atoms with Crippen LogP contribution in [-0.4, -0.2) is 81.9 Å². The fourth-order valence-corrected chi connectivity index (χ4v) is 7.27. The second kappa shape index (κ2) is 20.8. The number of hydrogen-bond donors (Lipinski definition) is 0. The molecule has 0 radical (unpaired) electrons. The van der Waals surface area contributed by atoms with Gasteiger partial charge in [-0.2, -0.15) is 0 Å². The zero-order chi connectivity index (χ0) is 34.8. The number of methoxy groups -OCH3 is 2. The fourth-order valence-electron chi connectivity index (χ4n) is 5.70. The van der Waals surface area contributed by atoms with Gasteiger partial charge in [-0.3, -0.25) is 4.90 Å². The lowest BCUT2D eigenvalue weighted by molar-refractivity contribution is -0.000539. The lowest BCUT2D eigenvalue weighted by Crippen LogP contribution is -2.38. The first-order chi connectivity index (χ1) is 23.3. The average Bonchev–Trinajstić information content (AvgIpc) is 3.10. The van der Waals surface area contributed by atoms with Gasteiger partial charge in [0.2, 0.25) is 6.54 Å². The number of terminal acetylenes is 1. The monoisotopic (exact) mass is 673 g/mol. The first-order valence-electron chi connectivity index (χ1n) is 16.6. The number of nitrogens with zero attached hydrogens (tertiary/aromatic N) is 3. The zero-order valence-corrected chi connectivity index (χ0v) is 30.3. The molecule has 0 saturated heterocycles. The first kappa shape index (κ1) is 39.0. The van der Waals surface area contributed by atoms with E-state index in [1.54, 1.807) is 14.2 Å². The maximum Gasteiger partial charge on any atom is 0.259 e. The van der Waals surface area contributed by atoms with Gasteiger partial charge in [-0.25, -0.2) is 11.2 Å². The second-order valence-electron chi connectivity index (χ2n) is 11.9. The molecular weight excluding hydrogens is 621 g/mol. The van der Waals surface area contributed by atoms with E-state index in [9.17, 15) is 0 Å². The third kappa shape index (κ3) is 11.0. The molecule has 0 aliphatic rings. The molecule has 3 rings (SSSR count). The minimum Gasteiger partial charge on any atom is -0.497 e. The van der Waals surface area contributed by atoms with E-state index in [4.69, 9.17) is 36.3 Å². The number of ether oxygens (including phenoxy) is 3. The van der Waals surface area contributed by atoms with Gasteiger partial charge in [-0.05, 0) is 81.6 Å². The van der Waals surface area contributed by atoms with Crippen LogP contribution in [0.2, 0.25) is 0 Å². The maximum atomic E-state index is 7.16. The maximum absolute atomic E-state index is 7.16. The Bertz CT molecular complexity index is 1350. The number of benzene rings is 3. The SMILES string of the molecule is [C-]#[N+]CCOP(OCCN(CCCC#C)CCOC(c1ccccc1)(c1ccc(OC)cc1)c1ccc(OC)cc1)N(C(C)C)C(C)C. The van der Waals surface area contributed by atoms with Gasteiger partial charge in [0.1, 0.15) is 23.7 Å². The van der Waals surface area contributed by atoms with Gasteiger partial charge in [-0.1, -0.05) is 54.6 Å². The average molecular weight is 674 g/mol. The summed E-state index contributed by atoms with van der Waals surface area (Å²) >= 11 is 0. The van der Waals surface area contributed by atoms with Crippen LogP contribution in [0, 0.1) is 18.9 Å². The summed E-state index contributed by atoms with van der Waals surface area (Å²) in [6.45, 7) is 19.5. The van der Waals surface area contributed by atoms with E-state index in [1.807, 2.05) is 42.5 Å². The third-order valence-electron chi connectivity index (χ3n) is 7.96. The molecule has 48 heavy (non-hydrogen) atoms. The van der Waals surface area contributed by atoms with Crippen molar-refractivity contribution in [3.8, 4) is 23.8 Å². The van der Waals surface area contributed by atoms with Crippen LogP contribution in [0.1, 0.15) is 57.2 Å². The molecule has 0 aliphatic carbocycles. The van der Waals surface area contributed by atoms with Gasteiger partial charge in [0.25, 0.3) is 8.53 Å². The van der Waals surface area contributed by atoms with E-state index in [-0.39, 0.29) is 12.1 Å². The lowest BCUT2D eigenvalue weighted by Gasteiger charge is -2.37. The van der Waals surface area contributed by atoms with Crippen LogP contribution in [0.15, 0.2) is 78.9 Å². The number of unbranched alkanes of at least 4 members (excludes halogenated alkanes) is 1. The zero-order valence-electron chi connectivity index (χ0n) is 29.4. The molecule has 1 unspecified atom stereocenters. The van der Waals surface area contributed by atoms with Crippen LogP contribution in [0.5, 0.6) is 11.5 Å². The van der Waals surface area contributed by atoms with Crippen molar-refractivity contribution in [1.82, 2.24) is 9.57 Å². The highest BCUT2D eigenvalue weighted by Crippen LogP contribution is 2.46. The topological polar surface area (TPSA) is 57.0 Å². The third-order valence-corrected chi connectivity index (χ3v) is 10.1. The predicted octanol–water partition coefficient (Wildman–Crippen LogP) is 8.03. The van der Waals surface area contributed by atoms with E-state index in [1.165, 1.54) is 0 Å². The molecule has 0 spiro atoms. The molecule has 258 valence electrons. The van der Waals surface area contributed by atoms with Gasteiger partial charge in [-0.15, -0.1) is 12.3 Å². The molecule has 0 amide bonds. The minimum absolute atomic E-state index is 0.242. The Hall–Kier alpha value is -3.46. The van der Waals surface area contributed by atoms with E-state index in [2.05, 4.69) is 84.4 Å². The molecule has 3 aromatic carbocycles. The van der Waals surface area contributed by atoms with E-state index in [0.29, 0.717) is 45.9 Å². The number of rotatable bonds is 22. The van der Waals surface area contributed by atoms with E-state index in [0.717, 1.165) is 41.2 Å². The molecular formula is C39H52N3O5P. The highest BCUT2D eigenvalue weighted by Gasteiger charge is 2.38. The molecule has 3 aromatic rings. The molecule has 1 atom stereocenters. The van der Waals surface area contributed by atoms with Gasteiger partial charge >= 0.3 is 0 Å². The van der Waals surface area contributed by atoms with Crippen molar-refractivity contribution in [3.63, 3.8) is 0 Å². The molecule has 0 aliphatic heterocycles. The van der Waals surface area contributed by atoms with Crippen molar-refractivity contribution >= 4 is 8.53 Å². The van der Waals surface area contributed by atoms with E-state index >= 15 is 0 Å². The van der Waals surface area contributed by atoms with Crippen LogP contribution >= 0.6 is 8.53 Å². The van der Waals surface area contributed by atoms with Crippen molar-refractivity contribution in [3.05, 3.63) is 107 Å². The summed E-state index contributed by atoms with van der Waals surface area (Å²) < 4.78 is 32.9. The minimum atomic E-state index is -1.31. The Kier molecular flexibility index (Phi) is 16.9. The van der Waals surface area contributed by atoms with Crippen molar-refractivity contribution in [2.24, 2.45) is 0 Å². The van der Waals surface area contributed by atoms with E-state index < -0.39 is 14.1 Å². The Morgan fingerprint density at radius 3 is 1.77 bits per heavy atom. The molecule has 0 saturated carbocycles. The van der Waals surface area contributed by atoms with Crippen molar-refractivity contribution < 1.29 is 23.3 Å². The second-order valence-corrected chi connectivity index (χ2v) is 13.3. The molecule has 0 aromatic heterocycles. The summed E-state index contributed by atoms with van der Waals surface area (Å²) in [5, 5.41) is 0. The quantitative estimate of drug-likeness (QED) is 0.0352. The van der Waals surface area contributed by atoms with Crippen LogP contribution < -0.4 is 9.47 Å². The highest BCUT2D eigenvalue weighted by molar-refractivity contribution is 7.44. The summed E-state index contributed by atoms with van der Waals surface area (Å²) in [5.41, 5.74) is 2.12. The van der Waals surface area contributed by atoms with Crippen LogP contribution in [0.25, 0.3) is 4.85 Å². The highest BCUT2D eigenvalue weighted by atomic mass is 31.2. The molecule has 0 heterocycles. The smallest absolute Gasteiger partial charge is 0.259 e. The predicted molar refractivity (Wildman–Crippen MR) is 195 cm³/mol. The largest absolute Gasteiger partial charge is 0.497 e.